The summed E-state index contributed by atoms with van der Waals surface area (Å²) in [7, 11) is 1.56. The number of hydrogen-bond acceptors (Lipinski definition) is 3. The van der Waals surface area contributed by atoms with E-state index < -0.39 is 0 Å². The lowest BCUT2D eigenvalue weighted by molar-refractivity contribution is 0.208. The number of oxime groups is 1. The Hall–Kier alpha value is -1.04. The summed E-state index contributed by atoms with van der Waals surface area (Å²) in [5, 5.41) is 13.0. The molecule has 0 spiro atoms. The van der Waals surface area contributed by atoms with Crippen LogP contribution in [-0.4, -0.2) is 12.8 Å². The van der Waals surface area contributed by atoms with Gasteiger partial charge in [-0.2, -0.15) is 5.26 Å². The first-order chi connectivity index (χ1) is 6.11. The Morgan fingerprint density at radius 2 is 2.31 bits per heavy atom. The van der Waals surface area contributed by atoms with E-state index >= 15 is 0 Å². The van der Waals surface area contributed by atoms with Crippen molar-refractivity contribution in [1.82, 2.24) is 0 Å². The summed E-state index contributed by atoms with van der Waals surface area (Å²) in [5.74, 6) is 0.275. The second-order valence-corrected chi connectivity index (χ2v) is 4.04. The molecule has 0 N–H and O–H groups in total. The molecule has 1 saturated carbocycles. The molecule has 1 atom stereocenters. The van der Waals surface area contributed by atoms with Crippen molar-refractivity contribution in [3.05, 3.63) is 0 Å². The third-order valence-corrected chi connectivity index (χ3v) is 2.70. The molecule has 0 aromatic heterocycles. The summed E-state index contributed by atoms with van der Waals surface area (Å²) in [6, 6.07) is 2.34. The van der Waals surface area contributed by atoms with Crippen LogP contribution in [0.3, 0.4) is 0 Å². The Labute approximate surface area is 79.4 Å². The summed E-state index contributed by atoms with van der Waals surface area (Å²) in [5.41, 5.74) is 0.738. The smallest absolute Gasteiger partial charge is 0.106 e. The highest BCUT2D eigenvalue weighted by atomic mass is 16.6. The summed E-state index contributed by atoms with van der Waals surface area (Å²) in [4.78, 5) is 4.77. The van der Waals surface area contributed by atoms with Gasteiger partial charge >= 0.3 is 0 Å². The highest BCUT2D eigenvalue weighted by molar-refractivity contribution is 5.89. The van der Waals surface area contributed by atoms with Gasteiger partial charge in [0.1, 0.15) is 7.11 Å². The first kappa shape index (κ1) is 10.0. The molecule has 3 heteroatoms. The fourth-order valence-corrected chi connectivity index (χ4v) is 1.91. The minimum Gasteiger partial charge on any atom is -0.399 e. The summed E-state index contributed by atoms with van der Waals surface area (Å²) >= 11 is 0. The summed E-state index contributed by atoms with van der Waals surface area (Å²) in [6.07, 6.45) is 3.16. The van der Waals surface area contributed by atoms with Gasteiger partial charge in [-0.3, -0.25) is 0 Å². The van der Waals surface area contributed by atoms with Gasteiger partial charge in [0.25, 0.3) is 0 Å². The molecule has 1 fully saturated rings. The van der Waals surface area contributed by atoms with Crippen molar-refractivity contribution in [2.24, 2.45) is 16.5 Å². The molecule has 0 radical (unpaired) electrons. The molecule has 1 rings (SSSR count). The molecule has 1 unspecified atom stereocenters. The van der Waals surface area contributed by atoms with E-state index in [1.54, 1.807) is 7.11 Å². The van der Waals surface area contributed by atoms with Gasteiger partial charge in [0.05, 0.1) is 17.2 Å². The molecule has 3 nitrogen and oxygen atoms in total. The molecule has 0 bridgehead atoms. The minimum absolute atomic E-state index is 0.275. The highest BCUT2D eigenvalue weighted by Crippen LogP contribution is 2.37. The maximum absolute atomic E-state index is 8.99. The number of hydrogen-bond donors (Lipinski definition) is 0. The highest BCUT2D eigenvalue weighted by Gasteiger charge is 2.36. The maximum Gasteiger partial charge on any atom is 0.106 e. The Kier molecular flexibility index (Phi) is 2.92. The van der Waals surface area contributed by atoms with E-state index in [0.29, 0.717) is 0 Å². The fourth-order valence-electron chi connectivity index (χ4n) is 1.91. The van der Waals surface area contributed by atoms with Crippen molar-refractivity contribution in [3.8, 4) is 6.07 Å². The van der Waals surface area contributed by atoms with E-state index in [9.17, 15) is 0 Å². The van der Waals surface area contributed by atoms with E-state index in [4.69, 9.17) is 10.1 Å². The van der Waals surface area contributed by atoms with Crippen molar-refractivity contribution in [1.29, 1.82) is 5.26 Å². The van der Waals surface area contributed by atoms with Crippen LogP contribution in [0.5, 0.6) is 0 Å². The molecule has 72 valence electrons. The van der Waals surface area contributed by atoms with Gasteiger partial charge in [-0.15, -0.1) is 0 Å². The van der Waals surface area contributed by atoms with Crippen LogP contribution >= 0.6 is 0 Å². The van der Waals surface area contributed by atoms with Gasteiger partial charge in [0, 0.05) is 5.92 Å². The zero-order chi connectivity index (χ0) is 9.90. The molecule has 0 aromatic rings. The quantitative estimate of drug-likeness (QED) is 0.612. The number of rotatable bonds is 2. The van der Waals surface area contributed by atoms with Crippen LogP contribution in [0, 0.1) is 22.7 Å². The van der Waals surface area contributed by atoms with Crippen LogP contribution in [0.4, 0.5) is 0 Å². The average molecular weight is 180 g/mol. The van der Waals surface area contributed by atoms with E-state index in [-0.39, 0.29) is 11.3 Å². The van der Waals surface area contributed by atoms with Crippen LogP contribution in [0.25, 0.3) is 0 Å². The van der Waals surface area contributed by atoms with Gasteiger partial charge in [-0.05, 0) is 33.1 Å². The molecular weight excluding hydrogens is 164 g/mol. The van der Waals surface area contributed by atoms with E-state index in [2.05, 4.69) is 11.2 Å². The van der Waals surface area contributed by atoms with Crippen molar-refractivity contribution >= 4 is 5.71 Å². The van der Waals surface area contributed by atoms with E-state index in [1.807, 2.05) is 13.8 Å². The van der Waals surface area contributed by atoms with E-state index in [1.165, 1.54) is 0 Å². The van der Waals surface area contributed by atoms with Crippen LogP contribution in [0.1, 0.15) is 33.1 Å². The van der Waals surface area contributed by atoms with Crippen LogP contribution in [0.15, 0.2) is 5.16 Å². The first-order valence-electron chi connectivity index (χ1n) is 4.63. The van der Waals surface area contributed by atoms with Gasteiger partial charge < -0.3 is 4.84 Å². The fraction of sp³-hybridized carbons (Fsp3) is 0.800. The van der Waals surface area contributed by atoms with Crippen molar-refractivity contribution in [2.75, 3.05) is 7.11 Å². The lowest BCUT2D eigenvalue weighted by atomic mass is 9.78. The van der Waals surface area contributed by atoms with Gasteiger partial charge in [0.15, 0.2) is 0 Å². The molecular formula is C10H16N2O. The zero-order valence-corrected chi connectivity index (χ0v) is 8.50. The molecule has 13 heavy (non-hydrogen) atoms. The predicted molar refractivity (Wildman–Crippen MR) is 51.2 cm³/mol. The third-order valence-electron chi connectivity index (χ3n) is 2.70. The molecule has 0 heterocycles. The van der Waals surface area contributed by atoms with Crippen LogP contribution in [-0.2, 0) is 4.84 Å². The monoisotopic (exact) mass is 180 g/mol. The first-order valence-corrected chi connectivity index (χ1v) is 4.63. The Balaban J connectivity index is 2.81. The standard InChI is InChI=1S/C10H16N2O/c1-10(2,7-11)8-5-4-6-9(8)12-13-3/h8H,4-6H2,1-3H3/b12-9-. The molecule has 0 saturated heterocycles. The number of nitrogens with zero attached hydrogens (tertiary/aromatic N) is 2. The SMILES string of the molecule is CO/N=C1/CCCC1C(C)(C)C#N. The second-order valence-electron chi connectivity index (χ2n) is 4.04. The van der Waals surface area contributed by atoms with Gasteiger partial charge in [-0.25, -0.2) is 0 Å². The normalized spacial score (nSPS) is 26.0. The molecule has 1 aliphatic carbocycles. The maximum atomic E-state index is 8.99. The third kappa shape index (κ3) is 2.00. The largest absolute Gasteiger partial charge is 0.399 e. The second kappa shape index (κ2) is 3.78. The van der Waals surface area contributed by atoms with Crippen molar-refractivity contribution in [2.45, 2.75) is 33.1 Å². The number of nitriles is 1. The predicted octanol–water partition coefficient (Wildman–Crippen LogP) is 2.34. The molecule has 0 aromatic carbocycles. The average Bonchev–Trinajstić information content (AvgIpc) is 2.54. The lowest BCUT2D eigenvalue weighted by Gasteiger charge is -2.23. The Morgan fingerprint density at radius 1 is 1.62 bits per heavy atom. The van der Waals surface area contributed by atoms with Crippen LogP contribution in [0.2, 0.25) is 0 Å². The van der Waals surface area contributed by atoms with Gasteiger partial charge in [-0.1, -0.05) is 5.16 Å². The molecule has 0 amide bonds. The van der Waals surface area contributed by atoms with E-state index in [0.717, 1.165) is 25.0 Å². The topological polar surface area (TPSA) is 45.4 Å². The lowest BCUT2D eigenvalue weighted by Crippen LogP contribution is -2.25. The Bertz CT molecular complexity index is 250. The Morgan fingerprint density at radius 3 is 2.85 bits per heavy atom. The van der Waals surface area contributed by atoms with Crippen molar-refractivity contribution < 1.29 is 4.84 Å². The zero-order valence-electron chi connectivity index (χ0n) is 8.50. The minimum atomic E-state index is -0.312. The molecule has 0 aliphatic heterocycles. The molecule has 1 aliphatic rings. The van der Waals surface area contributed by atoms with Crippen molar-refractivity contribution in [3.63, 3.8) is 0 Å². The van der Waals surface area contributed by atoms with Gasteiger partial charge in [0.2, 0.25) is 0 Å². The summed E-state index contributed by atoms with van der Waals surface area (Å²) < 4.78 is 0. The summed E-state index contributed by atoms with van der Waals surface area (Å²) in [6.45, 7) is 3.93. The van der Waals surface area contributed by atoms with Crippen LogP contribution < -0.4 is 0 Å².